The molecule has 1 amide bonds. The molecule has 28 heavy (non-hydrogen) atoms. The molecule has 7 heteroatoms. The van der Waals surface area contributed by atoms with Crippen molar-refractivity contribution in [2.24, 2.45) is 23.5 Å². The molecule has 1 aliphatic carbocycles. The summed E-state index contributed by atoms with van der Waals surface area (Å²) in [7, 11) is 4.58. The van der Waals surface area contributed by atoms with Gasteiger partial charge in [0.1, 0.15) is 6.04 Å². The van der Waals surface area contributed by atoms with Crippen LogP contribution in [-0.4, -0.2) is 50.7 Å². The number of carbonyl (C=O) groups excluding carboxylic acids is 2. The topological polar surface area (TPSA) is 91.1 Å². The van der Waals surface area contributed by atoms with Crippen LogP contribution in [0.5, 0.6) is 11.5 Å². The van der Waals surface area contributed by atoms with Crippen molar-refractivity contribution in [3.05, 3.63) is 23.3 Å². The van der Waals surface area contributed by atoms with E-state index in [-0.39, 0.29) is 23.7 Å². The summed E-state index contributed by atoms with van der Waals surface area (Å²) in [6, 6.07) is 3.30. The number of hydrogen-bond acceptors (Lipinski definition) is 6. The fourth-order valence-electron chi connectivity index (χ4n) is 6.06. The van der Waals surface area contributed by atoms with Gasteiger partial charge in [0.05, 0.1) is 26.9 Å². The standard InChI is InChI=1S/C21H28N2O5/c1-11-9-21-14-7-18(27-3)17(26-2)6-12(14)5-16(20(25)28-4)23(21)19(24)8-15(21)13(11)10-22/h6-7,11,13,15-16H,5,8-10,22H2,1-4H3/t11-,13+,15-,16?,21-/m0/s1. The maximum atomic E-state index is 13.1. The summed E-state index contributed by atoms with van der Waals surface area (Å²) in [6.07, 6.45) is 1.60. The average molecular weight is 388 g/mol. The lowest BCUT2D eigenvalue weighted by Gasteiger charge is -2.48. The van der Waals surface area contributed by atoms with Gasteiger partial charge in [0.25, 0.3) is 0 Å². The fraction of sp³-hybridized carbons (Fsp3) is 0.619. The third-order valence-electron chi connectivity index (χ3n) is 7.13. The van der Waals surface area contributed by atoms with Crippen molar-refractivity contribution in [3.8, 4) is 11.5 Å². The molecule has 2 N–H and O–H groups in total. The normalized spacial score (nSPS) is 33.2. The van der Waals surface area contributed by atoms with E-state index in [9.17, 15) is 9.59 Å². The van der Waals surface area contributed by atoms with E-state index in [0.717, 1.165) is 17.5 Å². The lowest BCUT2D eigenvalue weighted by molar-refractivity contribution is -0.156. The van der Waals surface area contributed by atoms with Gasteiger partial charge in [0, 0.05) is 12.8 Å². The Kier molecular flexibility index (Phi) is 4.53. The van der Waals surface area contributed by atoms with Crippen LogP contribution >= 0.6 is 0 Å². The van der Waals surface area contributed by atoms with Crippen LogP contribution in [0.1, 0.15) is 30.9 Å². The molecule has 4 rings (SSSR count). The third kappa shape index (κ3) is 2.32. The number of esters is 1. The number of hydrogen-bond donors (Lipinski definition) is 1. The largest absolute Gasteiger partial charge is 0.493 e. The van der Waals surface area contributed by atoms with E-state index >= 15 is 0 Å². The van der Waals surface area contributed by atoms with E-state index in [1.807, 2.05) is 17.0 Å². The van der Waals surface area contributed by atoms with Gasteiger partial charge in [-0.1, -0.05) is 6.92 Å². The molecular weight excluding hydrogens is 360 g/mol. The van der Waals surface area contributed by atoms with E-state index in [1.54, 1.807) is 14.2 Å². The van der Waals surface area contributed by atoms with Gasteiger partial charge in [0.2, 0.25) is 5.91 Å². The molecule has 1 aromatic rings. The summed E-state index contributed by atoms with van der Waals surface area (Å²) in [5.41, 5.74) is 7.64. The minimum absolute atomic E-state index is 0.00573. The summed E-state index contributed by atoms with van der Waals surface area (Å²) in [5, 5.41) is 0. The van der Waals surface area contributed by atoms with E-state index in [0.29, 0.717) is 36.8 Å². The van der Waals surface area contributed by atoms with Crippen LogP contribution < -0.4 is 15.2 Å². The van der Waals surface area contributed by atoms with Gasteiger partial charge < -0.3 is 24.8 Å². The van der Waals surface area contributed by atoms with Crippen LogP contribution in [0, 0.1) is 17.8 Å². The Bertz CT molecular complexity index is 825. The Morgan fingerprint density at radius 2 is 1.89 bits per heavy atom. The number of fused-ring (bicyclic) bond motifs is 1. The van der Waals surface area contributed by atoms with Gasteiger partial charge in [-0.3, -0.25) is 4.79 Å². The predicted molar refractivity (Wildman–Crippen MR) is 102 cm³/mol. The number of amides is 1. The first-order valence-electron chi connectivity index (χ1n) is 9.78. The second-order valence-corrected chi connectivity index (χ2v) is 8.19. The highest BCUT2D eigenvalue weighted by Gasteiger charge is 2.66. The molecule has 2 heterocycles. The molecular formula is C21H28N2O5. The number of methoxy groups -OCH3 is 3. The molecule has 5 atom stereocenters. The van der Waals surface area contributed by atoms with Crippen LogP contribution in [-0.2, 0) is 26.3 Å². The average Bonchev–Trinajstić information content (AvgIpc) is 3.13. The van der Waals surface area contributed by atoms with Crippen molar-refractivity contribution in [2.45, 2.75) is 37.8 Å². The van der Waals surface area contributed by atoms with Gasteiger partial charge >= 0.3 is 5.97 Å². The summed E-state index contributed by atoms with van der Waals surface area (Å²) >= 11 is 0. The molecule has 7 nitrogen and oxygen atoms in total. The number of ether oxygens (including phenoxy) is 3. The maximum Gasteiger partial charge on any atom is 0.328 e. The minimum atomic E-state index is -0.628. The molecule has 0 aromatic heterocycles. The molecule has 2 aliphatic heterocycles. The summed E-state index contributed by atoms with van der Waals surface area (Å²) in [5.74, 6) is 1.54. The van der Waals surface area contributed by atoms with Crippen LogP contribution in [0.2, 0.25) is 0 Å². The number of rotatable bonds is 4. The predicted octanol–water partition coefficient (Wildman–Crippen LogP) is 1.46. The lowest BCUT2D eigenvalue weighted by atomic mass is 9.72. The van der Waals surface area contributed by atoms with Gasteiger partial charge in [0.15, 0.2) is 11.5 Å². The first-order valence-corrected chi connectivity index (χ1v) is 9.78. The Morgan fingerprint density at radius 3 is 2.50 bits per heavy atom. The molecule has 3 aliphatic rings. The number of benzene rings is 1. The molecule has 0 bridgehead atoms. The van der Waals surface area contributed by atoms with Crippen LogP contribution in [0.25, 0.3) is 0 Å². The quantitative estimate of drug-likeness (QED) is 0.786. The lowest BCUT2D eigenvalue weighted by Crippen LogP contribution is -2.57. The van der Waals surface area contributed by atoms with Gasteiger partial charge in [-0.15, -0.1) is 0 Å². The monoisotopic (exact) mass is 388 g/mol. The van der Waals surface area contributed by atoms with Gasteiger partial charge in [-0.2, -0.15) is 0 Å². The molecule has 0 radical (unpaired) electrons. The van der Waals surface area contributed by atoms with E-state index < -0.39 is 11.6 Å². The molecule has 152 valence electrons. The first kappa shape index (κ1) is 19.1. The Hall–Kier alpha value is -2.28. The number of carbonyl (C=O) groups is 2. The van der Waals surface area contributed by atoms with E-state index in [2.05, 4.69) is 6.92 Å². The Morgan fingerprint density at radius 1 is 1.21 bits per heavy atom. The zero-order valence-electron chi connectivity index (χ0n) is 16.9. The second kappa shape index (κ2) is 6.65. The van der Waals surface area contributed by atoms with Gasteiger partial charge in [-0.05, 0) is 54.0 Å². The maximum absolute atomic E-state index is 13.1. The van der Waals surface area contributed by atoms with Gasteiger partial charge in [-0.25, -0.2) is 4.79 Å². The molecule has 1 saturated carbocycles. The first-order chi connectivity index (χ1) is 13.4. The summed E-state index contributed by atoms with van der Waals surface area (Å²) in [4.78, 5) is 27.6. The zero-order chi connectivity index (χ0) is 20.2. The molecule has 1 aromatic carbocycles. The SMILES string of the molecule is COC(=O)C1Cc2cc(OC)c(OC)cc2[C@@]23C[C@H](C)[C@@H](CN)[C@@H]2CC(=O)N13. The van der Waals surface area contributed by atoms with Crippen molar-refractivity contribution >= 4 is 11.9 Å². The molecule has 2 fully saturated rings. The second-order valence-electron chi connectivity index (χ2n) is 8.19. The van der Waals surface area contributed by atoms with Crippen LogP contribution in [0.3, 0.4) is 0 Å². The highest BCUT2D eigenvalue weighted by molar-refractivity contribution is 5.89. The Balaban J connectivity index is 1.97. The molecule has 1 saturated heterocycles. The van der Waals surface area contributed by atoms with E-state index in [4.69, 9.17) is 19.9 Å². The Labute approximate surface area is 165 Å². The third-order valence-corrected chi connectivity index (χ3v) is 7.13. The minimum Gasteiger partial charge on any atom is -0.493 e. The smallest absolute Gasteiger partial charge is 0.328 e. The van der Waals surface area contributed by atoms with Crippen molar-refractivity contribution in [3.63, 3.8) is 0 Å². The van der Waals surface area contributed by atoms with Crippen LogP contribution in [0.4, 0.5) is 0 Å². The summed E-state index contributed by atoms with van der Waals surface area (Å²) in [6.45, 7) is 2.72. The van der Waals surface area contributed by atoms with E-state index in [1.165, 1.54) is 7.11 Å². The highest BCUT2D eigenvalue weighted by Crippen LogP contribution is 2.62. The zero-order valence-corrected chi connectivity index (χ0v) is 16.9. The number of nitrogens with two attached hydrogens (primary N) is 1. The molecule has 1 unspecified atom stereocenters. The van der Waals surface area contributed by atoms with Crippen molar-refractivity contribution < 1.29 is 23.8 Å². The van der Waals surface area contributed by atoms with Crippen molar-refractivity contribution in [1.82, 2.24) is 4.90 Å². The fourth-order valence-corrected chi connectivity index (χ4v) is 6.06. The number of nitrogens with zero attached hydrogens (tertiary/aromatic N) is 1. The molecule has 1 spiro atoms. The van der Waals surface area contributed by atoms with Crippen LogP contribution in [0.15, 0.2) is 12.1 Å². The summed E-state index contributed by atoms with van der Waals surface area (Å²) < 4.78 is 16.1. The van der Waals surface area contributed by atoms with Crippen molar-refractivity contribution in [1.29, 1.82) is 0 Å². The highest BCUT2D eigenvalue weighted by atomic mass is 16.5. The van der Waals surface area contributed by atoms with Crippen molar-refractivity contribution in [2.75, 3.05) is 27.9 Å².